The van der Waals surface area contributed by atoms with E-state index < -0.39 is 0 Å². The van der Waals surface area contributed by atoms with Gasteiger partial charge in [-0.2, -0.15) is 0 Å². The summed E-state index contributed by atoms with van der Waals surface area (Å²) in [6.07, 6.45) is 0. The fraction of sp³-hybridized carbons (Fsp3) is 0.375. The lowest BCUT2D eigenvalue weighted by molar-refractivity contribution is 0.169. The highest BCUT2D eigenvalue weighted by atomic mass is 35.5. The highest BCUT2D eigenvalue weighted by molar-refractivity contribution is 6.29. The van der Waals surface area contributed by atoms with Gasteiger partial charge in [0, 0.05) is 24.6 Å². The van der Waals surface area contributed by atoms with Gasteiger partial charge in [0.25, 0.3) is 0 Å². The summed E-state index contributed by atoms with van der Waals surface area (Å²) in [5.41, 5.74) is 1.27. The maximum atomic E-state index is 5.69. The van der Waals surface area contributed by atoms with Crippen LogP contribution in [-0.4, -0.2) is 23.3 Å². The second-order valence-corrected chi connectivity index (χ2v) is 6.12. The van der Waals surface area contributed by atoms with Crippen LogP contribution in [0.5, 0.6) is 5.88 Å². The first kappa shape index (κ1) is 15.7. The molecule has 0 unspecified atom stereocenters. The monoisotopic (exact) mass is 305 g/mol. The smallest absolute Gasteiger partial charge is 0.233 e. The second-order valence-electron chi connectivity index (χ2n) is 5.74. The molecule has 0 aliphatic heterocycles. The number of aromatic nitrogens is 2. The average molecular weight is 306 g/mol. The molecule has 2 aromatic rings. The molecule has 0 atom stereocenters. The highest BCUT2D eigenvalue weighted by Crippen LogP contribution is 2.17. The molecule has 2 rings (SSSR count). The van der Waals surface area contributed by atoms with Crippen LogP contribution < -0.4 is 10.1 Å². The van der Waals surface area contributed by atoms with E-state index in [1.165, 1.54) is 5.56 Å². The van der Waals surface area contributed by atoms with Crippen LogP contribution >= 0.6 is 11.6 Å². The number of hydrogen-bond donors (Lipinski definition) is 1. The predicted molar refractivity (Wildman–Crippen MR) is 84.5 cm³/mol. The van der Waals surface area contributed by atoms with E-state index in [4.69, 9.17) is 16.3 Å². The van der Waals surface area contributed by atoms with E-state index in [0.29, 0.717) is 17.6 Å². The molecule has 0 saturated carbocycles. The fourth-order valence-corrected chi connectivity index (χ4v) is 1.94. The quantitative estimate of drug-likeness (QED) is 0.852. The van der Waals surface area contributed by atoms with Crippen molar-refractivity contribution < 1.29 is 4.74 Å². The maximum absolute atomic E-state index is 5.69. The van der Waals surface area contributed by atoms with Gasteiger partial charge in [-0.1, -0.05) is 55.8 Å². The van der Waals surface area contributed by atoms with E-state index in [1.54, 1.807) is 12.1 Å². The lowest BCUT2D eigenvalue weighted by Crippen LogP contribution is -2.34. The third kappa shape index (κ3) is 5.69. The number of halogens is 1. The highest BCUT2D eigenvalue weighted by Gasteiger charge is 2.19. The second kappa shape index (κ2) is 7.38. The Hall–Kier alpha value is -1.65. The van der Waals surface area contributed by atoms with Crippen LogP contribution in [0.1, 0.15) is 19.4 Å². The lowest BCUT2D eigenvalue weighted by atomic mass is 9.95. The van der Waals surface area contributed by atoms with E-state index in [0.717, 1.165) is 13.1 Å². The molecule has 4 nitrogen and oxygen atoms in total. The van der Waals surface area contributed by atoms with E-state index in [1.807, 2.05) is 18.2 Å². The van der Waals surface area contributed by atoms with Crippen molar-refractivity contribution in [2.75, 3.05) is 13.2 Å². The Kier molecular flexibility index (Phi) is 5.53. The molecule has 0 saturated heterocycles. The standard InChI is InChI=1S/C16H20ClN3O/c1-16(2,11-18-10-13-6-4-3-5-7-13)12-21-15-9-8-14(17)19-20-15/h3-9,18H,10-12H2,1-2H3. The molecule has 5 heteroatoms. The molecule has 1 heterocycles. The number of benzene rings is 1. The molecular formula is C16H20ClN3O. The van der Waals surface area contributed by atoms with E-state index in [9.17, 15) is 0 Å². The van der Waals surface area contributed by atoms with Crippen molar-refractivity contribution in [1.29, 1.82) is 0 Å². The topological polar surface area (TPSA) is 47.0 Å². The van der Waals surface area contributed by atoms with Crippen molar-refractivity contribution in [3.8, 4) is 5.88 Å². The van der Waals surface area contributed by atoms with Crippen LogP contribution in [0.15, 0.2) is 42.5 Å². The molecule has 0 aliphatic rings. The van der Waals surface area contributed by atoms with Crippen LogP contribution in [-0.2, 0) is 6.54 Å². The Morgan fingerprint density at radius 2 is 1.86 bits per heavy atom. The van der Waals surface area contributed by atoms with Gasteiger partial charge in [-0.15, -0.1) is 10.2 Å². The van der Waals surface area contributed by atoms with Crippen LogP contribution in [0, 0.1) is 5.41 Å². The largest absolute Gasteiger partial charge is 0.476 e. The first-order valence-electron chi connectivity index (χ1n) is 6.92. The summed E-state index contributed by atoms with van der Waals surface area (Å²) in [5, 5.41) is 11.5. The Balaban J connectivity index is 1.75. The number of ether oxygens (including phenoxy) is 1. The van der Waals surface area contributed by atoms with Gasteiger partial charge in [0.2, 0.25) is 5.88 Å². The summed E-state index contributed by atoms with van der Waals surface area (Å²) in [4.78, 5) is 0. The molecule has 1 aromatic carbocycles. The summed E-state index contributed by atoms with van der Waals surface area (Å²) >= 11 is 5.69. The van der Waals surface area contributed by atoms with Crippen molar-refractivity contribution in [2.24, 2.45) is 5.41 Å². The summed E-state index contributed by atoms with van der Waals surface area (Å²) in [7, 11) is 0. The van der Waals surface area contributed by atoms with E-state index in [-0.39, 0.29) is 5.41 Å². The van der Waals surface area contributed by atoms with Gasteiger partial charge >= 0.3 is 0 Å². The van der Waals surface area contributed by atoms with Gasteiger partial charge in [0.05, 0.1) is 6.61 Å². The average Bonchev–Trinajstić information content (AvgIpc) is 2.48. The molecule has 0 spiro atoms. The van der Waals surface area contributed by atoms with Crippen molar-refractivity contribution >= 4 is 11.6 Å². The van der Waals surface area contributed by atoms with Crippen molar-refractivity contribution in [3.05, 3.63) is 53.2 Å². The molecule has 0 amide bonds. The third-order valence-corrected chi connectivity index (χ3v) is 3.20. The van der Waals surface area contributed by atoms with Gasteiger partial charge < -0.3 is 10.1 Å². The summed E-state index contributed by atoms with van der Waals surface area (Å²) < 4.78 is 5.66. The molecule has 21 heavy (non-hydrogen) atoms. The minimum Gasteiger partial charge on any atom is -0.476 e. The lowest BCUT2D eigenvalue weighted by Gasteiger charge is -2.24. The van der Waals surface area contributed by atoms with Crippen molar-refractivity contribution in [1.82, 2.24) is 15.5 Å². The first-order valence-corrected chi connectivity index (χ1v) is 7.30. The minimum absolute atomic E-state index is 0.00387. The molecule has 0 fully saturated rings. The Bertz CT molecular complexity index is 543. The van der Waals surface area contributed by atoms with Gasteiger partial charge in [-0.3, -0.25) is 0 Å². The summed E-state index contributed by atoms with van der Waals surface area (Å²) in [6.45, 7) is 6.56. The minimum atomic E-state index is -0.00387. The summed E-state index contributed by atoms with van der Waals surface area (Å²) in [5.74, 6) is 0.496. The van der Waals surface area contributed by atoms with Crippen molar-refractivity contribution in [2.45, 2.75) is 20.4 Å². The van der Waals surface area contributed by atoms with Crippen LogP contribution in [0.3, 0.4) is 0 Å². The molecule has 0 aliphatic carbocycles. The zero-order valence-corrected chi connectivity index (χ0v) is 13.1. The first-order chi connectivity index (χ1) is 10.1. The maximum Gasteiger partial charge on any atom is 0.233 e. The molecular weight excluding hydrogens is 286 g/mol. The van der Waals surface area contributed by atoms with Gasteiger partial charge in [-0.25, -0.2) is 0 Å². The van der Waals surface area contributed by atoms with Crippen molar-refractivity contribution in [3.63, 3.8) is 0 Å². The van der Waals surface area contributed by atoms with Gasteiger partial charge in [0.15, 0.2) is 5.15 Å². The molecule has 0 bridgehead atoms. The zero-order valence-electron chi connectivity index (χ0n) is 12.3. The Labute approximate surface area is 130 Å². The number of nitrogens with one attached hydrogen (secondary N) is 1. The van der Waals surface area contributed by atoms with Crippen LogP contribution in [0.25, 0.3) is 0 Å². The molecule has 0 radical (unpaired) electrons. The van der Waals surface area contributed by atoms with Crippen LogP contribution in [0.4, 0.5) is 0 Å². The number of nitrogens with zero attached hydrogens (tertiary/aromatic N) is 2. The van der Waals surface area contributed by atoms with E-state index in [2.05, 4.69) is 41.5 Å². The molecule has 112 valence electrons. The Morgan fingerprint density at radius 1 is 1.10 bits per heavy atom. The molecule has 1 N–H and O–H groups in total. The summed E-state index contributed by atoms with van der Waals surface area (Å²) in [6, 6.07) is 13.7. The molecule has 1 aromatic heterocycles. The zero-order chi connectivity index (χ0) is 15.1. The fourth-order valence-electron chi connectivity index (χ4n) is 1.84. The van der Waals surface area contributed by atoms with Gasteiger partial charge in [-0.05, 0) is 11.6 Å². The SMILES string of the molecule is CC(C)(CNCc1ccccc1)COc1ccc(Cl)nn1. The number of rotatable bonds is 7. The predicted octanol–water partition coefficient (Wildman–Crippen LogP) is 3.32. The Morgan fingerprint density at radius 3 is 2.52 bits per heavy atom. The van der Waals surface area contributed by atoms with Gasteiger partial charge in [0.1, 0.15) is 0 Å². The normalized spacial score (nSPS) is 11.4. The van der Waals surface area contributed by atoms with E-state index >= 15 is 0 Å². The van der Waals surface area contributed by atoms with Crippen LogP contribution in [0.2, 0.25) is 5.15 Å². The third-order valence-electron chi connectivity index (χ3n) is 2.99. The number of hydrogen-bond acceptors (Lipinski definition) is 4.